The average molecular weight is 252 g/mol. The minimum absolute atomic E-state index is 0.139. The van der Waals surface area contributed by atoms with Crippen molar-refractivity contribution in [2.24, 2.45) is 0 Å². The zero-order chi connectivity index (χ0) is 11.9. The molecule has 1 heterocycles. The fourth-order valence-corrected chi connectivity index (χ4v) is 3.04. The molecule has 0 spiro atoms. The predicted molar refractivity (Wildman–Crippen MR) is 62.4 cm³/mol. The first-order valence-corrected chi connectivity index (χ1v) is 6.22. The first-order chi connectivity index (χ1) is 8.23. The molecule has 4 nitrogen and oxygen atoms in total. The lowest BCUT2D eigenvalue weighted by atomic mass is 10.3. The lowest BCUT2D eigenvalue weighted by Crippen LogP contribution is -2.19. The van der Waals surface area contributed by atoms with Crippen LogP contribution in [-0.4, -0.2) is 24.6 Å². The highest BCUT2D eigenvalue weighted by molar-refractivity contribution is 8.01. The third-order valence-electron chi connectivity index (χ3n) is 2.92. The molecular formula is C12H12O4S. The van der Waals surface area contributed by atoms with Gasteiger partial charge in [-0.05, 0) is 31.0 Å². The summed E-state index contributed by atoms with van der Waals surface area (Å²) in [5, 5.41) is 0. The van der Waals surface area contributed by atoms with Gasteiger partial charge in [-0.25, -0.2) is 0 Å². The minimum atomic E-state index is -0.373. The van der Waals surface area contributed by atoms with Gasteiger partial charge in [0.1, 0.15) is 4.75 Å². The quantitative estimate of drug-likeness (QED) is 0.772. The van der Waals surface area contributed by atoms with Crippen LogP contribution in [0.25, 0.3) is 0 Å². The number of ether oxygens (including phenoxy) is 3. The summed E-state index contributed by atoms with van der Waals surface area (Å²) in [6, 6.07) is 5.73. The van der Waals surface area contributed by atoms with Gasteiger partial charge in [0, 0.05) is 4.90 Å². The summed E-state index contributed by atoms with van der Waals surface area (Å²) in [4.78, 5) is 12.6. The normalized spacial score (nSPS) is 18.9. The van der Waals surface area contributed by atoms with E-state index in [0.717, 1.165) is 29.2 Å². The van der Waals surface area contributed by atoms with Gasteiger partial charge in [-0.15, -0.1) is 11.8 Å². The van der Waals surface area contributed by atoms with E-state index in [2.05, 4.69) is 0 Å². The largest absolute Gasteiger partial charge is 0.468 e. The first kappa shape index (κ1) is 10.8. The molecule has 0 amide bonds. The first-order valence-electron chi connectivity index (χ1n) is 5.41. The summed E-state index contributed by atoms with van der Waals surface area (Å²) in [7, 11) is 1.43. The molecule has 17 heavy (non-hydrogen) atoms. The van der Waals surface area contributed by atoms with Gasteiger partial charge < -0.3 is 14.2 Å². The third kappa shape index (κ3) is 1.84. The number of carbonyl (C=O) groups excluding carboxylic acids is 1. The van der Waals surface area contributed by atoms with Crippen LogP contribution in [0.5, 0.6) is 11.5 Å². The van der Waals surface area contributed by atoms with Gasteiger partial charge in [0.15, 0.2) is 11.5 Å². The van der Waals surface area contributed by atoms with Crippen molar-refractivity contribution >= 4 is 17.7 Å². The molecule has 1 fully saturated rings. The molecule has 0 unspecified atom stereocenters. The van der Waals surface area contributed by atoms with Crippen molar-refractivity contribution in [2.45, 2.75) is 22.5 Å². The molecule has 5 heteroatoms. The standard InChI is InChI=1S/C12H12O4S/c1-14-11(13)12(4-5-12)17-8-2-3-9-10(6-8)16-7-15-9/h2-3,6H,4-5,7H2,1H3. The number of hydrogen-bond acceptors (Lipinski definition) is 5. The molecule has 0 atom stereocenters. The third-order valence-corrected chi connectivity index (χ3v) is 4.37. The second-order valence-corrected chi connectivity index (χ2v) is 5.56. The molecule has 90 valence electrons. The molecule has 0 radical (unpaired) electrons. The fraction of sp³-hybridized carbons (Fsp3) is 0.417. The maximum Gasteiger partial charge on any atom is 0.322 e. The van der Waals surface area contributed by atoms with Gasteiger partial charge in [0.25, 0.3) is 0 Å². The Kier molecular flexibility index (Phi) is 2.43. The fourth-order valence-electron chi connectivity index (χ4n) is 1.81. The molecule has 0 aromatic heterocycles. The molecule has 1 aliphatic carbocycles. The van der Waals surface area contributed by atoms with E-state index in [4.69, 9.17) is 14.2 Å². The Morgan fingerprint density at radius 1 is 1.35 bits per heavy atom. The van der Waals surface area contributed by atoms with E-state index < -0.39 is 0 Å². The van der Waals surface area contributed by atoms with Crippen LogP contribution in [0.1, 0.15) is 12.8 Å². The van der Waals surface area contributed by atoms with Crippen molar-refractivity contribution in [1.82, 2.24) is 0 Å². The topological polar surface area (TPSA) is 44.8 Å². The number of thioether (sulfide) groups is 1. The Morgan fingerprint density at radius 3 is 2.82 bits per heavy atom. The lowest BCUT2D eigenvalue weighted by molar-refractivity contribution is -0.140. The number of methoxy groups -OCH3 is 1. The van der Waals surface area contributed by atoms with E-state index in [0.29, 0.717) is 0 Å². The number of carbonyl (C=O) groups is 1. The van der Waals surface area contributed by atoms with E-state index in [1.165, 1.54) is 7.11 Å². The zero-order valence-corrected chi connectivity index (χ0v) is 10.2. The number of fused-ring (bicyclic) bond motifs is 1. The Balaban J connectivity index is 1.80. The van der Waals surface area contributed by atoms with Gasteiger partial charge in [-0.1, -0.05) is 0 Å². The van der Waals surface area contributed by atoms with Crippen molar-refractivity contribution in [3.8, 4) is 11.5 Å². The molecule has 0 N–H and O–H groups in total. The summed E-state index contributed by atoms with van der Waals surface area (Å²) in [6.45, 7) is 0.269. The van der Waals surface area contributed by atoms with Gasteiger partial charge in [-0.2, -0.15) is 0 Å². The van der Waals surface area contributed by atoms with Crippen molar-refractivity contribution in [1.29, 1.82) is 0 Å². The van der Waals surface area contributed by atoms with Crippen LogP contribution in [0.4, 0.5) is 0 Å². The van der Waals surface area contributed by atoms with E-state index >= 15 is 0 Å². The summed E-state index contributed by atoms with van der Waals surface area (Å²) in [5.74, 6) is 1.37. The highest BCUT2D eigenvalue weighted by atomic mass is 32.2. The lowest BCUT2D eigenvalue weighted by Gasteiger charge is -2.12. The van der Waals surface area contributed by atoms with E-state index in [9.17, 15) is 4.79 Å². The van der Waals surface area contributed by atoms with Crippen LogP contribution in [0.3, 0.4) is 0 Å². The van der Waals surface area contributed by atoms with Crippen LogP contribution in [0, 0.1) is 0 Å². The molecule has 1 aliphatic heterocycles. The number of benzene rings is 1. The van der Waals surface area contributed by atoms with E-state index in [-0.39, 0.29) is 17.5 Å². The highest BCUT2D eigenvalue weighted by Gasteiger charge is 2.52. The van der Waals surface area contributed by atoms with Crippen LogP contribution in [-0.2, 0) is 9.53 Å². The second-order valence-electron chi connectivity index (χ2n) is 4.10. The van der Waals surface area contributed by atoms with Crippen molar-refractivity contribution in [2.75, 3.05) is 13.9 Å². The molecular weight excluding hydrogens is 240 g/mol. The molecule has 2 aliphatic rings. The van der Waals surface area contributed by atoms with Crippen molar-refractivity contribution < 1.29 is 19.0 Å². The van der Waals surface area contributed by atoms with Crippen LogP contribution < -0.4 is 9.47 Å². The maximum absolute atomic E-state index is 11.6. The summed E-state index contributed by atoms with van der Waals surface area (Å²) < 4.78 is 15.0. The van der Waals surface area contributed by atoms with Crippen molar-refractivity contribution in [3.05, 3.63) is 18.2 Å². The van der Waals surface area contributed by atoms with E-state index in [1.807, 2.05) is 18.2 Å². The monoisotopic (exact) mass is 252 g/mol. The van der Waals surface area contributed by atoms with Gasteiger partial charge in [0.2, 0.25) is 6.79 Å². The Hall–Kier alpha value is -1.36. The molecule has 1 saturated carbocycles. The van der Waals surface area contributed by atoms with E-state index in [1.54, 1.807) is 11.8 Å². The van der Waals surface area contributed by atoms with Gasteiger partial charge in [0.05, 0.1) is 7.11 Å². The van der Waals surface area contributed by atoms with Crippen LogP contribution in [0.15, 0.2) is 23.1 Å². The smallest absolute Gasteiger partial charge is 0.322 e. The number of hydrogen-bond donors (Lipinski definition) is 0. The van der Waals surface area contributed by atoms with Crippen LogP contribution in [0.2, 0.25) is 0 Å². The Bertz CT molecular complexity index is 468. The summed E-state index contributed by atoms with van der Waals surface area (Å²) >= 11 is 1.55. The molecule has 3 rings (SSSR count). The van der Waals surface area contributed by atoms with Gasteiger partial charge >= 0.3 is 5.97 Å². The highest BCUT2D eigenvalue weighted by Crippen LogP contribution is 2.53. The zero-order valence-electron chi connectivity index (χ0n) is 9.39. The summed E-state index contributed by atoms with van der Waals surface area (Å²) in [5.41, 5.74) is 0. The Labute approximate surface area is 103 Å². The predicted octanol–water partition coefficient (Wildman–Crippen LogP) is 2.21. The number of rotatable bonds is 3. The molecule has 0 saturated heterocycles. The van der Waals surface area contributed by atoms with Crippen LogP contribution >= 0.6 is 11.8 Å². The molecule has 1 aromatic rings. The Morgan fingerprint density at radius 2 is 2.12 bits per heavy atom. The van der Waals surface area contributed by atoms with Crippen molar-refractivity contribution in [3.63, 3.8) is 0 Å². The maximum atomic E-state index is 11.6. The second kappa shape index (κ2) is 3.84. The average Bonchev–Trinajstić information content (AvgIpc) is 2.97. The van der Waals surface area contributed by atoms with Gasteiger partial charge in [-0.3, -0.25) is 4.79 Å². The SMILES string of the molecule is COC(=O)C1(Sc2ccc3c(c2)OCO3)CC1. The number of esters is 1. The molecule has 0 bridgehead atoms. The minimum Gasteiger partial charge on any atom is -0.468 e. The molecule has 1 aromatic carbocycles. The summed E-state index contributed by atoms with van der Waals surface area (Å²) in [6.07, 6.45) is 1.75.